The average Bonchev–Trinajstić information content (AvgIpc) is 2.92. The van der Waals surface area contributed by atoms with Gasteiger partial charge in [-0.25, -0.2) is 4.98 Å². The molecule has 0 amide bonds. The third kappa shape index (κ3) is 2.51. The number of hydrogen-bond acceptors (Lipinski definition) is 3. The van der Waals surface area contributed by atoms with E-state index in [2.05, 4.69) is 37.8 Å². The van der Waals surface area contributed by atoms with Crippen LogP contribution >= 0.6 is 34.2 Å². The van der Waals surface area contributed by atoms with Gasteiger partial charge in [0.25, 0.3) is 0 Å². The first-order chi connectivity index (χ1) is 9.65. The molecule has 4 nitrogen and oxygen atoms in total. The lowest BCUT2D eigenvalue weighted by molar-refractivity contribution is 1.10. The molecule has 0 spiro atoms. The molecule has 3 aromatic rings. The molecule has 1 aromatic heterocycles. The smallest absolute Gasteiger partial charge is 0.181 e. The van der Waals surface area contributed by atoms with Crippen molar-refractivity contribution in [3.8, 4) is 22.8 Å². The van der Waals surface area contributed by atoms with Gasteiger partial charge in [-0.1, -0.05) is 29.8 Å². The maximum Gasteiger partial charge on any atom is 0.181 e. The first-order valence-corrected chi connectivity index (χ1v) is 7.33. The predicted molar refractivity (Wildman–Crippen MR) is 89.4 cm³/mol. The van der Waals surface area contributed by atoms with Crippen LogP contribution in [0.1, 0.15) is 0 Å². The van der Waals surface area contributed by atoms with E-state index in [-0.39, 0.29) is 0 Å². The minimum Gasteiger partial charge on any atom is -0.398 e. The van der Waals surface area contributed by atoms with Crippen LogP contribution in [0.4, 0.5) is 5.69 Å². The van der Waals surface area contributed by atoms with E-state index in [0.29, 0.717) is 16.5 Å². The van der Waals surface area contributed by atoms with Crippen LogP contribution in [0.3, 0.4) is 0 Å². The maximum atomic E-state index is 5.92. The van der Waals surface area contributed by atoms with Gasteiger partial charge in [-0.2, -0.15) is 5.10 Å². The zero-order valence-corrected chi connectivity index (χ0v) is 13.2. The molecule has 0 aliphatic heterocycles. The Bertz CT molecular complexity index is 769. The van der Waals surface area contributed by atoms with Crippen LogP contribution in [0.2, 0.25) is 5.02 Å². The molecule has 0 bridgehead atoms. The van der Waals surface area contributed by atoms with Crippen LogP contribution in [0.25, 0.3) is 22.8 Å². The monoisotopic (exact) mass is 396 g/mol. The minimum absolute atomic E-state index is 0.518. The zero-order chi connectivity index (χ0) is 14.1. The number of halogens is 2. The Morgan fingerprint density at radius 1 is 1.15 bits per heavy atom. The molecule has 0 atom stereocenters. The quantitative estimate of drug-likeness (QED) is 0.508. The number of aromatic amines is 1. The number of nitrogen functional groups attached to an aromatic ring is 1. The topological polar surface area (TPSA) is 67.6 Å². The molecule has 0 saturated carbocycles. The van der Waals surface area contributed by atoms with E-state index in [4.69, 9.17) is 17.3 Å². The van der Waals surface area contributed by atoms with Gasteiger partial charge in [-0.15, -0.1) is 0 Å². The Balaban J connectivity index is 2.02. The number of anilines is 1. The fourth-order valence-corrected chi connectivity index (χ4v) is 2.61. The average molecular weight is 397 g/mol. The first kappa shape index (κ1) is 13.4. The van der Waals surface area contributed by atoms with E-state index in [1.165, 1.54) is 0 Å². The number of nitrogens with one attached hydrogen (secondary N) is 1. The molecule has 0 radical (unpaired) electrons. The molecule has 3 N–H and O–H groups in total. The lowest BCUT2D eigenvalue weighted by Crippen LogP contribution is -1.88. The van der Waals surface area contributed by atoms with Crippen LogP contribution in [0.5, 0.6) is 0 Å². The standard InChI is InChI=1S/C14H10ClIN4/c15-10-6-5-8(7-12(10)17)13-18-14(20-19-13)9-3-1-2-4-11(9)16/h1-7H,17H2,(H,18,19,20). The largest absolute Gasteiger partial charge is 0.398 e. The third-order valence-corrected chi connectivity index (χ3v) is 4.15. The molecule has 20 heavy (non-hydrogen) atoms. The molecule has 0 aliphatic rings. The fraction of sp³-hybridized carbons (Fsp3) is 0. The van der Waals surface area contributed by atoms with Gasteiger partial charge in [-0.3, -0.25) is 5.10 Å². The summed E-state index contributed by atoms with van der Waals surface area (Å²) < 4.78 is 1.11. The Hall–Kier alpha value is -1.60. The lowest BCUT2D eigenvalue weighted by atomic mass is 10.2. The Morgan fingerprint density at radius 2 is 1.95 bits per heavy atom. The summed E-state index contributed by atoms with van der Waals surface area (Å²) in [7, 11) is 0. The number of aromatic nitrogens is 3. The summed E-state index contributed by atoms with van der Waals surface area (Å²) in [6, 6.07) is 13.4. The highest BCUT2D eigenvalue weighted by atomic mass is 127. The first-order valence-electron chi connectivity index (χ1n) is 5.88. The molecular formula is C14H10ClIN4. The molecule has 100 valence electrons. The van der Waals surface area contributed by atoms with E-state index in [1.54, 1.807) is 12.1 Å². The lowest BCUT2D eigenvalue weighted by Gasteiger charge is -2.00. The van der Waals surface area contributed by atoms with E-state index < -0.39 is 0 Å². The highest BCUT2D eigenvalue weighted by Crippen LogP contribution is 2.27. The molecule has 0 fully saturated rings. The number of H-pyrrole nitrogens is 1. The Kier molecular flexibility index (Phi) is 3.62. The highest BCUT2D eigenvalue weighted by Gasteiger charge is 2.10. The van der Waals surface area contributed by atoms with Gasteiger partial charge in [0, 0.05) is 14.7 Å². The molecule has 0 saturated heterocycles. The van der Waals surface area contributed by atoms with Gasteiger partial charge >= 0.3 is 0 Å². The molecule has 1 heterocycles. The van der Waals surface area contributed by atoms with Crippen LogP contribution in [0, 0.1) is 3.57 Å². The number of hydrogen-bond donors (Lipinski definition) is 2. The summed E-state index contributed by atoms with van der Waals surface area (Å²) in [6.07, 6.45) is 0. The summed E-state index contributed by atoms with van der Waals surface area (Å²) in [5, 5.41) is 7.72. The normalized spacial score (nSPS) is 10.7. The maximum absolute atomic E-state index is 5.92. The number of benzene rings is 2. The van der Waals surface area contributed by atoms with Crippen molar-refractivity contribution in [1.29, 1.82) is 0 Å². The molecule has 2 aromatic carbocycles. The fourth-order valence-electron chi connectivity index (χ4n) is 1.85. The van der Waals surface area contributed by atoms with E-state index in [9.17, 15) is 0 Å². The summed E-state index contributed by atoms with van der Waals surface area (Å²) in [6.45, 7) is 0. The van der Waals surface area contributed by atoms with Crippen molar-refractivity contribution >= 4 is 39.9 Å². The highest BCUT2D eigenvalue weighted by molar-refractivity contribution is 14.1. The zero-order valence-electron chi connectivity index (χ0n) is 10.3. The van der Waals surface area contributed by atoms with E-state index >= 15 is 0 Å². The van der Waals surface area contributed by atoms with Crippen LogP contribution in [-0.4, -0.2) is 15.2 Å². The van der Waals surface area contributed by atoms with Crippen molar-refractivity contribution in [3.05, 3.63) is 51.1 Å². The number of rotatable bonds is 2. The molecule has 3 rings (SSSR count). The van der Waals surface area contributed by atoms with Gasteiger partial charge in [0.1, 0.15) is 0 Å². The summed E-state index contributed by atoms with van der Waals surface area (Å²) in [5.41, 5.74) is 8.18. The van der Waals surface area contributed by atoms with Gasteiger partial charge < -0.3 is 5.73 Å². The number of nitrogens with zero attached hydrogens (tertiary/aromatic N) is 2. The van der Waals surface area contributed by atoms with Crippen molar-refractivity contribution < 1.29 is 0 Å². The number of nitrogens with two attached hydrogens (primary N) is 1. The van der Waals surface area contributed by atoms with Crippen molar-refractivity contribution in [2.75, 3.05) is 5.73 Å². The Morgan fingerprint density at radius 3 is 2.70 bits per heavy atom. The van der Waals surface area contributed by atoms with Gasteiger partial charge in [0.05, 0.1) is 10.7 Å². The second kappa shape index (κ2) is 5.41. The molecule has 0 aliphatic carbocycles. The molecule has 6 heteroatoms. The van der Waals surface area contributed by atoms with Gasteiger partial charge in [0.2, 0.25) is 0 Å². The van der Waals surface area contributed by atoms with Crippen molar-refractivity contribution in [2.45, 2.75) is 0 Å². The van der Waals surface area contributed by atoms with Gasteiger partial charge in [0.15, 0.2) is 11.6 Å². The third-order valence-electron chi connectivity index (χ3n) is 2.87. The second-order valence-corrected chi connectivity index (χ2v) is 5.79. The van der Waals surface area contributed by atoms with Gasteiger partial charge in [-0.05, 0) is 46.9 Å². The second-order valence-electron chi connectivity index (χ2n) is 4.22. The van der Waals surface area contributed by atoms with Crippen LogP contribution < -0.4 is 5.73 Å². The van der Waals surface area contributed by atoms with E-state index in [0.717, 1.165) is 20.5 Å². The summed E-state index contributed by atoms with van der Waals surface area (Å²) in [5.74, 6) is 1.33. The summed E-state index contributed by atoms with van der Waals surface area (Å²) in [4.78, 5) is 4.51. The van der Waals surface area contributed by atoms with E-state index in [1.807, 2.05) is 30.3 Å². The SMILES string of the molecule is Nc1cc(-c2n[nH]c(-c3ccccc3I)n2)ccc1Cl. The van der Waals surface area contributed by atoms with Crippen molar-refractivity contribution in [2.24, 2.45) is 0 Å². The Labute approximate surface area is 134 Å². The minimum atomic E-state index is 0.518. The van der Waals surface area contributed by atoms with Crippen molar-refractivity contribution in [3.63, 3.8) is 0 Å². The summed E-state index contributed by atoms with van der Waals surface area (Å²) >= 11 is 8.19. The van der Waals surface area contributed by atoms with Crippen LogP contribution in [-0.2, 0) is 0 Å². The molecule has 0 unspecified atom stereocenters. The predicted octanol–water partition coefficient (Wildman–Crippen LogP) is 3.98. The van der Waals surface area contributed by atoms with Crippen LogP contribution in [0.15, 0.2) is 42.5 Å². The van der Waals surface area contributed by atoms with Crippen molar-refractivity contribution in [1.82, 2.24) is 15.2 Å². The molecular weight excluding hydrogens is 387 g/mol.